The zero-order valence-electron chi connectivity index (χ0n) is 12.1. The minimum absolute atomic E-state index is 0.0654. The average Bonchev–Trinajstić information content (AvgIpc) is 2.56. The monoisotopic (exact) mass is 314 g/mol. The lowest BCUT2D eigenvalue weighted by Gasteiger charge is -2.14. The van der Waals surface area contributed by atoms with Crippen molar-refractivity contribution in [3.05, 3.63) is 63.7 Å². The molecule has 0 bridgehead atoms. The molecule has 118 valence electrons. The SMILES string of the molecule is COc1cc([N+](=O)[O-])cc(/C=N\NC(=O)c2ccccc2)c1[O-]. The van der Waals surface area contributed by atoms with Gasteiger partial charge in [0, 0.05) is 11.6 Å². The number of amides is 1. The Labute approximate surface area is 131 Å². The summed E-state index contributed by atoms with van der Waals surface area (Å²) in [6, 6.07) is 10.4. The number of nitro groups is 1. The van der Waals surface area contributed by atoms with Crippen molar-refractivity contribution in [3.63, 3.8) is 0 Å². The molecule has 0 saturated heterocycles. The molecule has 8 nitrogen and oxygen atoms in total. The number of hydrogen-bond acceptors (Lipinski definition) is 6. The molecule has 0 spiro atoms. The van der Waals surface area contributed by atoms with Crippen molar-refractivity contribution in [2.75, 3.05) is 7.11 Å². The lowest BCUT2D eigenvalue weighted by Crippen LogP contribution is -2.17. The van der Waals surface area contributed by atoms with Crippen molar-refractivity contribution >= 4 is 17.8 Å². The number of nitrogens with one attached hydrogen (secondary N) is 1. The van der Waals surface area contributed by atoms with E-state index in [0.717, 1.165) is 18.3 Å². The van der Waals surface area contributed by atoms with Gasteiger partial charge in [0.25, 0.3) is 11.6 Å². The van der Waals surface area contributed by atoms with Crippen LogP contribution < -0.4 is 15.3 Å². The van der Waals surface area contributed by atoms with Crippen LogP contribution in [-0.4, -0.2) is 24.2 Å². The van der Waals surface area contributed by atoms with Gasteiger partial charge < -0.3 is 9.84 Å². The Hall–Kier alpha value is -3.42. The third-order valence-electron chi connectivity index (χ3n) is 2.90. The number of benzene rings is 2. The van der Waals surface area contributed by atoms with E-state index >= 15 is 0 Å². The van der Waals surface area contributed by atoms with Crippen LogP contribution in [-0.2, 0) is 0 Å². The summed E-state index contributed by atoms with van der Waals surface area (Å²) in [5.74, 6) is -1.20. The Morgan fingerprint density at radius 2 is 2.00 bits per heavy atom. The van der Waals surface area contributed by atoms with Crippen LogP contribution in [0.1, 0.15) is 15.9 Å². The maximum Gasteiger partial charge on any atom is 0.273 e. The first-order valence-corrected chi connectivity index (χ1v) is 6.45. The van der Waals surface area contributed by atoms with Crippen LogP contribution >= 0.6 is 0 Å². The first-order chi connectivity index (χ1) is 11.0. The number of carbonyl (C=O) groups excluding carboxylic acids is 1. The first-order valence-electron chi connectivity index (χ1n) is 6.45. The van der Waals surface area contributed by atoms with E-state index in [1.54, 1.807) is 30.3 Å². The summed E-state index contributed by atoms with van der Waals surface area (Å²) in [6.07, 6.45) is 1.04. The van der Waals surface area contributed by atoms with Gasteiger partial charge in [-0.05, 0) is 17.7 Å². The Kier molecular flexibility index (Phi) is 4.88. The molecule has 1 amide bonds. The molecule has 0 atom stereocenters. The molecule has 0 aliphatic heterocycles. The highest BCUT2D eigenvalue weighted by Gasteiger charge is 2.11. The number of nitro benzene ring substituents is 1. The maximum absolute atomic E-state index is 12.0. The van der Waals surface area contributed by atoms with E-state index in [0.29, 0.717) is 5.56 Å². The Morgan fingerprint density at radius 3 is 2.61 bits per heavy atom. The molecular formula is C15H12N3O5-. The molecule has 0 aliphatic carbocycles. The average molecular weight is 314 g/mol. The third-order valence-corrected chi connectivity index (χ3v) is 2.90. The molecule has 0 radical (unpaired) electrons. The smallest absolute Gasteiger partial charge is 0.273 e. The van der Waals surface area contributed by atoms with Crippen molar-refractivity contribution in [2.45, 2.75) is 0 Å². The molecular weight excluding hydrogens is 302 g/mol. The Morgan fingerprint density at radius 1 is 1.30 bits per heavy atom. The molecule has 0 aliphatic rings. The molecule has 0 heterocycles. The predicted octanol–water partition coefficient (Wildman–Crippen LogP) is 1.44. The second-order valence-electron chi connectivity index (χ2n) is 4.39. The number of hydrogen-bond donors (Lipinski definition) is 1. The van der Waals surface area contributed by atoms with Gasteiger partial charge >= 0.3 is 0 Å². The van der Waals surface area contributed by atoms with E-state index in [9.17, 15) is 20.0 Å². The molecule has 23 heavy (non-hydrogen) atoms. The van der Waals surface area contributed by atoms with Gasteiger partial charge in [-0.2, -0.15) is 5.10 Å². The van der Waals surface area contributed by atoms with E-state index in [-0.39, 0.29) is 17.0 Å². The number of methoxy groups -OCH3 is 1. The highest BCUT2D eigenvalue weighted by atomic mass is 16.6. The maximum atomic E-state index is 12.0. The van der Waals surface area contributed by atoms with Gasteiger partial charge in [0.2, 0.25) is 0 Å². The fourth-order valence-electron chi connectivity index (χ4n) is 1.78. The second kappa shape index (κ2) is 7.03. The quantitative estimate of drug-likeness (QED) is 0.509. The van der Waals surface area contributed by atoms with Gasteiger partial charge in [0.1, 0.15) is 5.75 Å². The van der Waals surface area contributed by atoms with Gasteiger partial charge in [-0.15, -0.1) is 0 Å². The van der Waals surface area contributed by atoms with Crippen molar-refractivity contribution in [1.29, 1.82) is 0 Å². The van der Waals surface area contributed by atoms with Crippen LogP contribution in [0, 0.1) is 10.1 Å². The van der Waals surface area contributed by atoms with E-state index < -0.39 is 16.6 Å². The molecule has 0 aromatic heterocycles. The normalized spacial score (nSPS) is 10.5. The van der Waals surface area contributed by atoms with Crippen LogP contribution in [0.3, 0.4) is 0 Å². The molecule has 2 aromatic carbocycles. The van der Waals surface area contributed by atoms with Crippen LogP contribution in [0.25, 0.3) is 0 Å². The summed E-state index contributed by atoms with van der Waals surface area (Å²) in [7, 11) is 1.23. The Bertz CT molecular complexity index is 759. The van der Waals surface area contributed by atoms with Gasteiger partial charge in [-0.1, -0.05) is 23.9 Å². The number of nitrogens with zero attached hydrogens (tertiary/aromatic N) is 2. The topological polar surface area (TPSA) is 117 Å². The number of non-ortho nitro benzene ring substituents is 1. The van der Waals surface area contributed by atoms with Gasteiger partial charge in [0.05, 0.1) is 24.3 Å². The largest absolute Gasteiger partial charge is 0.870 e. The lowest BCUT2D eigenvalue weighted by atomic mass is 10.2. The summed E-state index contributed by atoms with van der Waals surface area (Å²) in [5.41, 5.74) is 2.26. The van der Waals surface area contributed by atoms with Gasteiger partial charge in [-0.25, -0.2) is 5.43 Å². The standard InChI is InChI=1S/C15H13N3O5/c1-23-13-8-12(18(21)22)7-11(14(13)19)9-16-17-15(20)10-5-3-2-4-6-10/h2-9,19H,1H3,(H,17,20)/p-1/b16-9-. The van der Waals surface area contributed by atoms with Gasteiger partial charge in [0.15, 0.2) is 0 Å². The zero-order valence-corrected chi connectivity index (χ0v) is 12.1. The van der Waals surface area contributed by atoms with Gasteiger partial charge in [-0.3, -0.25) is 14.9 Å². The number of hydrazone groups is 1. The first kappa shape index (κ1) is 16.0. The van der Waals surface area contributed by atoms with Crippen molar-refractivity contribution in [2.24, 2.45) is 5.10 Å². The van der Waals surface area contributed by atoms with Crippen LogP contribution in [0.5, 0.6) is 11.5 Å². The summed E-state index contributed by atoms with van der Waals surface area (Å²) < 4.78 is 4.81. The molecule has 0 unspecified atom stereocenters. The van der Waals surface area contributed by atoms with Crippen LogP contribution in [0.2, 0.25) is 0 Å². The predicted molar refractivity (Wildman–Crippen MR) is 80.6 cm³/mol. The van der Waals surface area contributed by atoms with Crippen LogP contribution in [0.15, 0.2) is 47.6 Å². The van der Waals surface area contributed by atoms with Crippen molar-refractivity contribution in [3.8, 4) is 11.5 Å². The molecule has 2 aromatic rings. The molecule has 1 N–H and O–H groups in total. The minimum atomic E-state index is -0.651. The zero-order chi connectivity index (χ0) is 16.8. The lowest BCUT2D eigenvalue weighted by molar-refractivity contribution is -0.385. The van der Waals surface area contributed by atoms with Crippen molar-refractivity contribution in [1.82, 2.24) is 5.43 Å². The second-order valence-corrected chi connectivity index (χ2v) is 4.39. The fourth-order valence-corrected chi connectivity index (χ4v) is 1.78. The number of ether oxygens (including phenoxy) is 1. The van der Waals surface area contributed by atoms with E-state index in [1.165, 1.54) is 7.11 Å². The molecule has 8 heteroatoms. The fraction of sp³-hybridized carbons (Fsp3) is 0.0667. The highest BCUT2D eigenvalue weighted by Crippen LogP contribution is 2.31. The minimum Gasteiger partial charge on any atom is -0.870 e. The molecule has 2 rings (SSSR count). The number of carbonyl (C=O) groups is 1. The van der Waals surface area contributed by atoms with E-state index in [4.69, 9.17) is 4.74 Å². The van der Waals surface area contributed by atoms with E-state index in [2.05, 4.69) is 10.5 Å². The summed E-state index contributed by atoms with van der Waals surface area (Å²) >= 11 is 0. The Balaban J connectivity index is 2.20. The summed E-state index contributed by atoms with van der Waals surface area (Å²) in [4.78, 5) is 22.0. The summed E-state index contributed by atoms with van der Waals surface area (Å²) in [5, 5.41) is 26.5. The number of rotatable bonds is 5. The third kappa shape index (κ3) is 3.82. The van der Waals surface area contributed by atoms with Crippen molar-refractivity contribution < 1.29 is 19.6 Å². The summed E-state index contributed by atoms with van der Waals surface area (Å²) in [6.45, 7) is 0. The van der Waals surface area contributed by atoms with Crippen LogP contribution in [0.4, 0.5) is 5.69 Å². The molecule has 0 saturated carbocycles. The molecule has 0 fully saturated rings. The highest BCUT2D eigenvalue weighted by molar-refractivity contribution is 5.95. The van der Waals surface area contributed by atoms with E-state index in [1.807, 2.05) is 0 Å².